The van der Waals surface area contributed by atoms with Gasteiger partial charge in [0.05, 0.1) is 25.2 Å². The molecule has 27 heavy (non-hydrogen) atoms. The minimum Gasteiger partial charge on any atom is -0.495 e. The maximum atomic E-state index is 12.9. The van der Waals surface area contributed by atoms with E-state index in [1.54, 1.807) is 19.2 Å². The number of carbonyl (C=O) groups excluding carboxylic acids is 1. The molecule has 1 amide bonds. The lowest BCUT2D eigenvalue weighted by atomic mass is 10.1. The number of aromatic nitrogens is 2. The third-order valence-electron chi connectivity index (χ3n) is 3.87. The van der Waals surface area contributed by atoms with Crippen LogP contribution in [0.15, 0.2) is 60.9 Å². The molecule has 2 aromatic carbocycles. The number of methoxy groups -OCH3 is 1. The number of benzene rings is 2. The molecule has 7 heteroatoms. The Hall–Kier alpha value is -3.48. The van der Waals surface area contributed by atoms with Gasteiger partial charge in [0.15, 0.2) is 0 Å². The van der Waals surface area contributed by atoms with Crippen LogP contribution in [0.4, 0.5) is 15.9 Å². The van der Waals surface area contributed by atoms with Gasteiger partial charge in [0.1, 0.15) is 23.1 Å². The van der Waals surface area contributed by atoms with E-state index < -0.39 is 0 Å². The first-order chi connectivity index (χ1) is 13.2. The molecule has 0 saturated heterocycles. The van der Waals surface area contributed by atoms with Crippen LogP contribution in [0.2, 0.25) is 0 Å². The molecule has 0 aliphatic carbocycles. The Morgan fingerprint density at radius 2 is 1.85 bits per heavy atom. The number of hydrogen-bond donors (Lipinski definition) is 2. The largest absolute Gasteiger partial charge is 0.495 e. The van der Waals surface area contributed by atoms with E-state index in [1.165, 1.54) is 24.5 Å². The Bertz CT molecular complexity index is 899. The van der Waals surface area contributed by atoms with Crippen molar-refractivity contribution >= 4 is 17.4 Å². The third kappa shape index (κ3) is 5.01. The number of para-hydroxylation sites is 2. The molecule has 138 valence electrons. The molecule has 1 aromatic heterocycles. The highest BCUT2D eigenvalue weighted by Crippen LogP contribution is 2.25. The third-order valence-corrected chi connectivity index (χ3v) is 3.87. The number of halogens is 1. The number of carbonyl (C=O) groups is 1. The second-order valence-corrected chi connectivity index (χ2v) is 5.74. The zero-order chi connectivity index (χ0) is 19.1. The van der Waals surface area contributed by atoms with Gasteiger partial charge < -0.3 is 15.4 Å². The van der Waals surface area contributed by atoms with Gasteiger partial charge in [0, 0.05) is 6.54 Å². The van der Waals surface area contributed by atoms with Crippen molar-refractivity contribution in [2.45, 2.75) is 6.42 Å². The van der Waals surface area contributed by atoms with Crippen LogP contribution in [0.1, 0.15) is 16.1 Å². The summed E-state index contributed by atoms with van der Waals surface area (Å²) in [5.41, 5.74) is 1.92. The maximum absolute atomic E-state index is 12.9. The van der Waals surface area contributed by atoms with Crippen LogP contribution in [-0.4, -0.2) is 29.5 Å². The van der Waals surface area contributed by atoms with E-state index >= 15 is 0 Å². The van der Waals surface area contributed by atoms with E-state index in [2.05, 4.69) is 20.6 Å². The lowest BCUT2D eigenvalue weighted by molar-refractivity contribution is 0.0949. The molecule has 1 heterocycles. The molecule has 3 aromatic rings. The van der Waals surface area contributed by atoms with Crippen LogP contribution >= 0.6 is 0 Å². The SMILES string of the molecule is COc1ccccc1Nc1cnc(C(=O)NCCc2ccc(F)cc2)cn1. The Kier molecular flexibility index (Phi) is 5.94. The van der Waals surface area contributed by atoms with E-state index in [0.29, 0.717) is 24.5 Å². The number of amides is 1. The van der Waals surface area contributed by atoms with Crippen LogP contribution in [0.25, 0.3) is 0 Å². The van der Waals surface area contributed by atoms with Crippen molar-refractivity contribution < 1.29 is 13.9 Å². The van der Waals surface area contributed by atoms with Crippen molar-refractivity contribution in [3.63, 3.8) is 0 Å². The van der Waals surface area contributed by atoms with E-state index in [9.17, 15) is 9.18 Å². The van der Waals surface area contributed by atoms with Crippen LogP contribution < -0.4 is 15.4 Å². The summed E-state index contributed by atoms with van der Waals surface area (Å²) in [6.45, 7) is 0.424. The molecule has 3 rings (SSSR count). The second-order valence-electron chi connectivity index (χ2n) is 5.74. The highest BCUT2D eigenvalue weighted by molar-refractivity contribution is 5.92. The van der Waals surface area contributed by atoms with E-state index in [1.807, 2.05) is 24.3 Å². The summed E-state index contributed by atoms with van der Waals surface area (Å²) in [5.74, 6) is 0.595. The van der Waals surface area contributed by atoms with Crippen molar-refractivity contribution in [2.75, 3.05) is 19.0 Å². The average Bonchev–Trinajstić information content (AvgIpc) is 2.70. The number of ether oxygens (including phenoxy) is 1. The fourth-order valence-corrected chi connectivity index (χ4v) is 2.46. The second kappa shape index (κ2) is 8.75. The summed E-state index contributed by atoms with van der Waals surface area (Å²) in [7, 11) is 1.59. The summed E-state index contributed by atoms with van der Waals surface area (Å²) in [6, 6.07) is 13.6. The fraction of sp³-hybridized carbons (Fsp3) is 0.150. The number of nitrogens with zero attached hydrogens (tertiary/aromatic N) is 2. The van der Waals surface area contributed by atoms with Crippen LogP contribution in [0.3, 0.4) is 0 Å². The Labute approximate surface area is 156 Å². The van der Waals surface area contributed by atoms with Gasteiger partial charge in [0.2, 0.25) is 0 Å². The van der Waals surface area contributed by atoms with Gasteiger partial charge in [-0.1, -0.05) is 24.3 Å². The summed E-state index contributed by atoms with van der Waals surface area (Å²) < 4.78 is 18.1. The highest BCUT2D eigenvalue weighted by atomic mass is 19.1. The summed E-state index contributed by atoms with van der Waals surface area (Å²) >= 11 is 0. The summed E-state index contributed by atoms with van der Waals surface area (Å²) in [4.78, 5) is 20.5. The van der Waals surface area contributed by atoms with Gasteiger partial charge in [-0.3, -0.25) is 4.79 Å². The first kappa shape index (κ1) is 18.3. The average molecular weight is 366 g/mol. The molecule has 0 atom stereocenters. The monoisotopic (exact) mass is 366 g/mol. The number of hydrogen-bond acceptors (Lipinski definition) is 5. The lowest BCUT2D eigenvalue weighted by Gasteiger charge is -2.10. The minimum absolute atomic E-state index is 0.222. The molecule has 0 aliphatic rings. The van der Waals surface area contributed by atoms with Crippen molar-refractivity contribution in [2.24, 2.45) is 0 Å². The highest BCUT2D eigenvalue weighted by Gasteiger charge is 2.09. The summed E-state index contributed by atoms with van der Waals surface area (Å²) in [5, 5.41) is 5.87. The van der Waals surface area contributed by atoms with Crippen molar-refractivity contribution in [1.29, 1.82) is 0 Å². The number of rotatable bonds is 7. The molecular formula is C20H19FN4O2. The Morgan fingerprint density at radius 1 is 1.07 bits per heavy atom. The standard InChI is InChI=1S/C20H19FN4O2/c1-27-18-5-3-2-4-16(18)25-19-13-23-17(12-24-19)20(26)22-11-10-14-6-8-15(21)9-7-14/h2-9,12-13H,10-11H2,1H3,(H,22,26)(H,24,25). The van der Waals surface area contributed by atoms with Crippen molar-refractivity contribution in [3.8, 4) is 5.75 Å². The van der Waals surface area contributed by atoms with Crippen molar-refractivity contribution in [1.82, 2.24) is 15.3 Å². The number of nitrogens with one attached hydrogen (secondary N) is 2. The molecular weight excluding hydrogens is 347 g/mol. The smallest absolute Gasteiger partial charge is 0.271 e. The van der Waals surface area contributed by atoms with Crippen molar-refractivity contribution in [3.05, 3.63) is 78.0 Å². The molecule has 0 fully saturated rings. The van der Waals surface area contributed by atoms with Crippen LogP contribution in [-0.2, 0) is 6.42 Å². The first-order valence-electron chi connectivity index (χ1n) is 8.40. The zero-order valence-corrected chi connectivity index (χ0v) is 14.8. The lowest BCUT2D eigenvalue weighted by Crippen LogP contribution is -2.26. The molecule has 2 N–H and O–H groups in total. The Balaban J connectivity index is 1.54. The van der Waals surface area contributed by atoms with Gasteiger partial charge in [0.25, 0.3) is 5.91 Å². The predicted octanol–water partition coefficient (Wildman–Crippen LogP) is 3.34. The zero-order valence-electron chi connectivity index (χ0n) is 14.8. The molecule has 0 spiro atoms. The quantitative estimate of drug-likeness (QED) is 0.671. The van der Waals surface area contributed by atoms with Crippen LogP contribution in [0, 0.1) is 5.82 Å². The fourth-order valence-electron chi connectivity index (χ4n) is 2.46. The topological polar surface area (TPSA) is 76.1 Å². The molecule has 0 radical (unpaired) electrons. The molecule has 6 nitrogen and oxygen atoms in total. The first-order valence-corrected chi connectivity index (χ1v) is 8.40. The summed E-state index contributed by atoms with van der Waals surface area (Å²) in [6.07, 6.45) is 3.50. The van der Waals surface area contributed by atoms with Gasteiger partial charge in [-0.25, -0.2) is 14.4 Å². The maximum Gasteiger partial charge on any atom is 0.271 e. The van der Waals surface area contributed by atoms with E-state index in [0.717, 1.165) is 11.3 Å². The molecule has 0 aliphatic heterocycles. The minimum atomic E-state index is -0.312. The van der Waals surface area contributed by atoms with Gasteiger partial charge in [-0.15, -0.1) is 0 Å². The van der Waals surface area contributed by atoms with Gasteiger partial charge in [-0.2, -0.15) is 0 Å². The normalized spacial score (nSPS) is 10.3. The van der Waals surface area contributed by atoms with E-state index in [-0.39, 0.29) is 17.4 Å². The van der Waals surface area contributed by atoms with E-state index in [4.69, 9.17) is 4.74 Å². The number of anilines is 2. The van der Waals surface area contributed by atoms with Crippen LogP contribution in [0.5, 0.6) is 5.75 Å². The van der Waals surface area contributed by atoms with Gasteiger partial charge >= 0.3 is 0 Å². The molecule has 0 bridgehead atoms. The predicted molar refractivity (Wildman–Crippen MR) is 101 cm³/mol. The molecule has 0 saturated carbocycles. The van der Waals surface area contributed by atoms with Gasteiger partial charge in [-0.05, 0) is 36.2 Å². The Morgan fingerprint density at radius 3 is 2.56 bits per heavy atom. The molecule has 0 unspecified atom stereocenters.